The molecule has 1 aromatic carbocycles. The summed E-state index contributed by atoms with van der Waals surface area (Å²) in [5.74, 6) is -2.30. The fraction of sp³-hybridized carbons (Fsp3) is 0.529. The van der Waals surface area contributed by atoms with Crippen LogP contribution in [-0.2, 0) is 9.53 Å². The molecular formula is C17H24F2N4O3. The molecule has 0 atom stereocenters. The number of carbonyl (C=O) groups excluding carboxylic acids is 2. The molecule has 1 saturated heterocycles. The van der Waals surface area contributed by atoms with Gasteiger partial charge in [0, 0.05) is 52.3 Å². The van der Waals surface area contributed by atoms with E-state index in [1.807, 2.05) is 6.92 Å². The van der Waals surface area contributed by atoms with Gasteiger partial charge < -0.3 is 20.3 Å². The number of halogens is 2. The predicted octanol–water partition coefficient (Wildman–Crippen LogP) is 2.11. The highest BCUT2D eigenvalue weighted by atomic mass is 19.1. The van der Waals surface area contributed by atoms with Crippen molar-refractivity contribution in [1.82, 2.24) is 9.80 Å². The van der Waals surface area contributed by atoms with E-state index in [1.165, 1.54) is 6.92 Å². The molecule has 0 aromatic heterocycles. The van der Waals surface area contributed by atoms with Crippen LogP contribution in [0, 0.1) is 11.6 Å². The Morgan fingerprint density at radius 3 is 2.27 bits per heavy atom. The summed E-state index contributed by atoms with van der Waals surface area (Å²) in [6, 6.07) is 1.24. The standard InChI is InChI=1S/C17H24F2N4O3/c1-3-26-9-8-22-4-6-23(7-5-22)17(25)21-16-11-15(20-12(2)24)13(18)10-14(16)19/h10-11H,3-9H2,1-2H3,(H,20,24)(H,21,25). The van der Waals surface area contributed by atoms with Gasteiger partial charge >= 0.3 is 6.03 Å². The van der Waals surface area contributed by atoms with Gasteiger partial charge in [-0.3, -0.25) is 9.69 Å². The average Bonchev–Trinajstić information content (AvgIpc) is 2.59. The van der Waals surface area contributed by atoms with E-state index in [2.05, 4.69) is 15.5 Å². The highest BCUT2D eigenvalue weighted by Gasteiger charge is 2.22. The zero-order valence-corrected chi connectivity index (χ0v) is 15.0. The van der Waals surface area contributed by atoms with Gasteiger partial charge in [-0.05, 0) is 13.0 Å². The monoisotopic (exact) mass is 370 g/mol. The molecule has 26 heavy (non-hydrogen) atoms. The van der Waals surface area contributed by atoms with Gasteiger partial charge in [0.1, 0.15) is 11.6 Å². The van der Waals surface area contributed by atoms with Crippen molar-refractivity contribution in [2.75, 3.05) is 56.6 Å². The van der Waals surface area contributed by atoms with E-state index < -0.39 is 23.6 Å². The van der Waals surface area contributed by atoms with E-state index in [0.29, 0.717) is 45.5 Å². The molecule has 0 bridgehead atoms. The van der Waals surface area contributed by atoms with E-state index in [1.54, 1.807) is 4.90 Å². The molecule has 0 unspecified atom stereocenters. The van der Waals surface area contributed by atoms with Crippen LogP contribution in [0.5, 0.6) is 0 Å². The Labute approximate surface area is 151 Å². The molecule has 1 aliphatic heterocycles. The second kappa shape index (κ2) is 9.44. The van der Waals surface area contributed by atoms with Crippen LogP contribution in [0.25, 0.3) is 0 Å². The normalized spacial score (nSPS) is 15.0. The van der Waals surface area contributed by atoms with Crippen LogP contribution in [0.3, 0.4) is 0 Å². The Balaban J connectivity index is 1.93. The Kier molecular flexibility index (Phi) is 7.28. The summed E-state index contributed by atoms with van der Waals surface area (Å²) < 4.78 is 32.9. The first-order chi connectivity index (χ1) is 12.4. The minimum Gasteiger partial charge on any atom is -0.380 e. The number of nitrogens with one attached hydrogen (secondary N) is 2. The van der Waals surface area contributed by atoms with Gasteiger partial charge in [0.25, 0.3) is 0 Å². The summed E-state index contributed by atoms with van der Waals surface area (Å²) in [4.78, 5) is 27.2. The first kappa shape index (κ1) is 20.1. The van der Waals surface area contributed by atoms with Crippen LogP contribution in [-0.4, -0.2) is 67.7 Å². The van der Waals surface area contributed by atoms with Crippen molar-refractivity contribution < 1.29 is 23.1 Å². The molecule has 0 spiro atoms. The van der Waals surface area contributed by atoms with Crippen LogP contribution < -0.4 is 10.6 Å². The topological polar surface area (TPSA) is 73.9 Å². The summed E-state index contributed by atoms with van der Waals surface area (Å²) in [5.41, 5.74) is -0.367. The third-order valence-electron chi connectivity index (χ3n) is 4.02. The summed E-state index contributed by atoms with van der Waals surface area (Å²) >= 11 is 0. The number of urea groups is 1. The Morgan fingerprint density at radius 1 is 1.08 bits per heavy atom. The van der Waals surface area contributed by atoms with Crippen LogP contribution in [0.15, 0.2) is 12.1 Å². The van der Waals surface area contributed by atoms with E-state index >= 15 is 0 Å². The summed E-state index contributed by atoms with van der Waals surface area (Å²) in [5, 5.41) is 4.70. The Morgan fingerprint density at radius 2 is 1.69 bits per heavy atom. The van der Waals surface area contributed by atoms with Gasteiger partial charge in [0.15, 0.2) is 0 Å². The molecule has 144 valence electrons. The molecule has 0 radical (unpaired) electrons. The number of nitrogens with zero attached hydrogens (tertiary/aromatic N) is 2. The molecule has 2 N–H and O–H groups in total. The number of hydrogen-bond acceptors (Lipinski definition) is 4. The van der Waals surface area contributed by atoms with E-state index in [-0.39, 0.29) is 11.4 Å². The van der Waals surface area contributed by atoms with Gasteiger partial charge in [0.2, 0.25) is 5.91 Å². The van der Waals surface area contributed by atoms with Crippen molar-refractivity contribution in [1.29, 1.82) is 0 Å². The maximum atomic E-state index is 13.9. The minimum atomic E-state index is -0.904. The van der Waals surface area contributed by atoms with E-state index in [9.17, 15) is 18.4 Å². The van der Waals surface area contributed by atoms with Gasteiger partial charge in [-0.15, -0.1) is 0 Å². The Hall–Kier alpha value is -2.26. The number of rotatable bonds is 6. The average molecular weight is 370 g/mol. The second-order valence-electron chi connectivity index (χ2n) is 5.95. The molecule has 1 fully saturated rings. The maximum absolute atomic E-state index is 13.9. The maximum Gasteiger partial charge on any atom is 0.322 e. The fourth-order valence-corrected chi connectivity index (χ4v) is 2.64. The second-order valence-corrected chi connectivity index (χ2v) is 5.95. The predicted molar refractivity (Wildman–Crippen MR) is 94.2 cm³/mol. The van der Waals surface area contributed by atoms with Gasteiger partial charge in [0.05, 0.1) is 18.0 Å². The number of anilines is 2. The number of benzene rings is 1. The first-order valence-corrected chi connectivity index (χ1v) is 8.53. The lowest BCUT2D eigenvalue weighted by Gasteiger charge is -2.34. The zero-order chi connectivity index (χ0) is 19.1. The van der Waals surface area contributed by atoms with Crippen molar-refractivity contribution in [3.05, 3.63) is 23.8 Å². The van der Waals surface area contributed by atoms with Crippen LogP contribution in [0.2, 0.25) is 0 Å². The quantitative estimate of drug-likeness (QED) is 0.753. The minimum absolute atomic E-state index is 0.182. The highest BCUT2D eigenvalue weighted by molar-refractivity contribution is 5.92. The lowest BCUT2D eigenvalue weighted by Crippen LogP contribution is -2.50. The van der Waals surface area contributed by atoms with Crippen LogP contribution >= 0.6 is 0 Å². The van der Waals surface area contributed by atoms with Crippen molar-refractivity contribution in [3.63, 3.8) is 0 Å². The first-order valence-electron chi connectivity index (χ1n) is 8.53. The number of amides is 3. The van der Waals surface area contributed by atoms with Crippen molar-refractivity contribution in [2.45, 2.75) is 13.8 Å². The molecule has 3 amide bonds. The smallest absolute Gasteiger partial charge is 0.322 e. The highest BCUT2D eigenvalue weighted by Crippen LogP contribution is 2.24. The van der Waals surface area contributed by atoms with E-state index in [4.69, 9.17) is 4.74 Å². The summed E-state index contributed by atoms with van der Waals surface area (Å²) in [7, 11) is 0. The fourth-order valence-electron chi connectivity index (χ4n) is 2.64. The lowest BCUT2D eigenvalue weighted by atomic mass is 10.2. The van der Waals surface area contributed by atoms with Gasteiger partial charge in [-0.1, -0.05) is 0 Å². The Bertz CT molecular complexity index is 649. The molecule has 9 heteroatoms. The van der Waals surface area contributed by atoms with Crippen molar-refractivity contribution in [3.8, 4) is 0 Å². The number of ether oxygens (including phenoxy) is 1. The number of piperazine rings is 1. The molecule has 1 aliphatic rings. The lowest BCUT2D eigenvalue weighted by molar-refractivity contribution is -0.114. The number of hydrogen-bond donors (Lipinski definition) is 2. The summed E-state index contributed by atoms with van der Waals surface area (Å²) in [6.07, 6.45) is 0. The van der Waals surface area contributed by atoms with Gasteiger partial charge in [-0.25, -0.2) is 13.6 Å². The van der Waals surface area contributed by atoms with Crippen LogP contribution in [0.4, 0.5) is 25.0 Å². The zero-order valence-electron chi connectivity index (χ0n) is 15.0. The SMILES string of the molecule is CCOCCN1CCN(C(=O)Nc2cc(NC(C)=O)c(F)cc2F)CC1. The van der Waals surface area contributed by atoms with Crippen molar-refractivity contribution >= 4 is 23.3 Å². The van der Waals surface area contributed by atoms with Gasteiger partial charge in [-0.2, -0.15) is 0 Å². The molecular weight excluding hydrogens is 346 g/mol. The summed E-state index contributed by atoms with van der Waals surface area (Å²) in [6.45, 7) is 7.67. The third kappa shape index (κ3) is 5.63. The molecule has 2 rings (SSSR count). The molecule has 0 aliphatic carbocycles. The third-order valence-corrected chi connectivity index (χ3v) is 4.02. The van der Waals surface area contributed by atoms with E-state index in [0.717, 1.165) is 12.6 Å². The molecule has 0 saturated carbocycles. The molecule has 1 heterocycles. The van der Waals surface area contributed by atoms with Crippen molar-refractivity contribution in [2.24, 2.45) is 0 Å². The largest absolute Gasteiger partial charge is 0.380 e. The number of carbonyl (C=O) groups is 2. The molecule has 1 aromatic rings. The molecule has 7 nitrogen and oxygen atoms in total. The van der Waals surface area contributed by atoms with Crippen LogP contribution in [0.1, 0.15) is 13.8 Å².